The highest BCUT2D eigenvalue weighted by atomic mass is 16.5. The van der Waals surface area contributed by atoms with Gasteiger partial charge in [-0.2, -0.15) is 0 Å². The third kappa shape index (κ3) is 4.07. The fourth-order valence-corrected chi connectivity index (χ4v) is 4.62. The summed E-state index contributed by atoms with van der Waals surface area (Å²) in [6.07, 6.45) is 2.87. The second-order valence-corrected chi connectivity index (χ2v) is 8.87. The Morgan fingerprint density at radius 2 is 1.73 bits per heavy atom. The van der Waals surface area contributed by atoms with Crippen molar-refractivity contribution in [3.05, 3.63) is 65.2 Å². The number of para-hydroxylation sites is 1. The van der Waals surface area contributed by atoms with E-state index >= 15 is 0 Å². The summed E-state index contributed by atoms with van der Waals surface area (Å²) in [6.45, 7) is 3.36. The zero-order valence-corrected chi connectivity index (χ0v) is 18.1. The predicted molar refractivity (Wildman–Crippen MR) is 117 cm³/mol. The summed E-state index contributed by atoms with van der Waals surface area (Å²) in [5, 5.41) is 0. The average molecular weight is 407 g/mol. The molecule has 5 heteroatoms. The molecule has 158 valence electrons. The summed E-state index contributed by atoms with van der Waals surface area (Å²) < 4.78 is 6.52. The normalized spacial score (nSPS) is 19.7. The fraction of sp³-hybridized carbons (Fsp3) is 0.440. The molecule has 1 spiro atoms. The molecule has 30 heavy (non-hydrogen) atoms. The van der Waals surface area contributed by atoms with Crippen molar-refractivity contribution in [1.82, 2.24) is 9.80 Å². The van der Waals surface area contributed by atoms with Crippen LogP contribution >= 0.6 is 0 Å². The van der Waals surface area contributed by atoms with Crippen LogP contribution in [-0.4, -0.2) is 54.4 Å². The van der Waals surface area contributed by atoms with Crippen molar-refractivity contribution in [2.24, 2.45) is 0 Å². The van der Waals surface area contributed by atoms with E-state index in [1.54, 1.807) is 19.0 Å². The molecule has 0 radical (unpaired) electrons. The maximum Gasteiger partial charge on any atom is 0.253 e. The van der Waals surface area contributed by atoms with Gasteiger partial charge in [0.2, 0.25) is 5.91 Å². The number of aryl methyl sites for hydroxylation is 1. The van der Waals surface area contributed by atoms with Crippen molar-refractivity contribution in [2.45, 2.75) is 44.1 Å². The highest BCUT2D eigenvalue weighted by Gasteiger charge is 2.44. The van der Waals surface area contributed by atoms with Gasteiger partial charge in [0.15, 0.2) is 0 Å². The lowest BCUT2D eigenvalue weighted by Crippen LogP contribution is -2.52. The van der Waals surface area contributed by atoms with Gasteiger partial charge in [-0.1, -0.05) is 35.9 Å². The SMILES string of the molecule is Cc1ccc(C(=O)N2CCC3(CC2)CC(CC(=O)N(C)C)c2ccccc2O3)cc1. The van der Waals surface area contributed by atoms with Crippen LogP contribution in [0.5, 0.6) is 5.75 Å². The van der Waals surface area contributed by atoms with E-state index in [1.807, 2.05) is 54.3 Å². The van der Waals surface area contributed by atoms with Crippen molar-refractivity contribution in [3.8, 4) is 5.75 Å². The second-order valence-electron chi connectivity index (χ2n) is 8.87. The van der Waals surface area contributed by atoms with Gasteiger partial charge in [0, 0.05) is 57.9 Å². The van der Waals surface area contributed by atoms with Gasteiger partial charge in [-0.3, -0.25) is 9.59 Å². The first-order valence-corrected chi connectivity index (χ1v) is 10.7. The minimum absolute atomic E-state index is 0.0837. The number of carbonyl (C=O) groups is 2. The Bertz CT molecular complexity index is 928. The lowest BCUT2D eigenvalue weighted by molar-refractivity contribution is -0.129. The Kier molecular flexibility index (Phi) is 5.54. The number of hydrogen-bond donors (Lipinski definition) is 0. The van der Waals surface area contributed by atoms with Crippen LogP contribution < -0.4 is 4.74 Å². The first-order valence-electron chi connectivity index (χ1n) is 10.7. The van der Waals surface area contributed by atoms with Crippen LogP contribution in [0, 0.1) is 6.92 Å². The molecule has 2 heterocycles. The summed E-state index contributed by atoms with van der Waals surface area (Å²) >= 11 is 0. The summed E-state index contributed by atoms with van der Waals surface area (Å²) in [5.41, 5.74) is 2.70. The predicted octanol–water partition coefficient (Wildman–Crippen LogP) is 4.01. The Morgan fingerprint density at radius 1 is 1.07 bits per heavy atom. The van der Waals surface area contributed by atoms with Gasteiger partial charge in [0.25, 0.3) is 5.91 Å². The van der Waals surface area contributed by atoms with Crippen molar-refractivity contribution in [3.63, 3.8) is 0 Å². The summed E-state index contributed by atoms with van der Waals surface area (Å²) in [6, 6.07) is 15.8. The lowest BCUT2D eigenvalue weighted by Gasteiger charge is -2.47. The lowest BCUT2D eigenvalue weighted by atomic mass is 9.76. The first kappa shape index (κ1) is 20.5. The summed E-state index contributed by atoms with van der Waals surface area (Å²) in [7, 11) is 3.61. The van der Waals surface area contributed by atoms with Gasteiger partial charge in [-0.05, 0) is 37.1 Å². The minimum Gasteiger partial charge on any atom is -0.487 e. The molecular weight excluding hydrogens is 376 g/mol. The molecule has 2 aliphatic rings. The molecule has 2 aromatic rings. The van der Waals surface area contributed by atoms with E-state index in [-0.39, 0.29) is 23.3 Å². The third-order valence-electron chi connectivity index (χ3n) is 6.48. The number of piperidine rings is 1. The minimum atomic E-state index is -0.310. The number of nitrogens with zero attached hydrogens (tertiary/aromatic N) is 2. The molecule has 5 nitrogen and oxygen atoms in total. The molecule has 2 amide bonds. The van der Waals surface area contributed by atoms with Gasteiger partial charge >= 0.3 is 0 Å². The molecule has 0 aromatic heterocycles. The molecular formula is C25H30N2O3. The number of carbonyl (C=O) groups excluding carboxylic acids is 2. The Balaban J connectivity index is 1.49. The number of likely N-dealkylation sites (tertiary alicyclic amines) is 1. The number of amides is 2. The topological polar surface area (TPSA) is 49.9 Å². The quantitative estimate of drug-likeness (QED) is 0.774. The highest BCUT2D eigenvalue weighted by Crippen LogP contribution is 2.46. The van der Waals surface area contributed by atoms with Crippen LogP contribution in [0.2, 0.25) is 0 Å². The number of hydrogen-bond acceptors (Lipinski definition) is 3. The zero-order valence-electron chi connectivity index (χ0n) is 18.1. The van der Waals surface area contributed by atoms with Crippen LogP contribution in [-0.2, 0) is 4.79 Å². The van der Waals surface area contributed by atoms with Gasteiger partial charge in [0.1, 0.15) is 11.4 Å². The van der Waals surface area contributed by atoms with E-state index in [2.05, 4.69) is 6.07 Å². The molecule has 1 saturated heterocycles. The summed E-state index contributed by atoms with van der Waals surface area (Å²) in [5.74, 6) is 1.25. The van der Waals surface area contributed by atoms with Crippen LogP contribution in [0.15, 0.2) is 48.5 Å². The standard InChI is InChI=1S/C25H30N2O3/c1-18-8-10-19(11-9-18)24(29)27-14-12-25(13-15-27)17-20(16-23(28)26(2)3)21-6-4-5-7-22(21)30-25/h4-11,20H,12-17H2,1-3H3. The third-order valence-corrected chi connectivity index (χ3v) is 6.48. The average Bonchev–Trinajstić information content (AvgIpc) is 2.74. The molecule has 0 bridgehead atoms. The molecule has 4 rings (SSSR count). The van der Waals surface area contributed by atoms with Gasteiger partial charge < -0.3 is 14.5 Å². The van der Waals surface area contributed by atoms with Crippen molar-refractivity contribution in [2.75, 3.05) is 27.2 Å². The van der Waals surface area contributed by atoms with E-state index in [0.29, 0.717) is 19.5 Å². The monoisotopic (exact) mass is 406 g/mol. The van der Waals surface area contributed by atoms with Crippen LogP contribution in [0.4, 0.5) is 0 Å². The van der Waals surface area contributed by atoms with Crippen LogP contribution in [0.1, 0.15) is 53.1 Å². The van der Waals surface area contributed by atoms with E-state index in [9.17, 15) is 9.59 Å². The van der Waals surface area contributed by atoms with Gasteiger partial charge in [-0.15, -0.1) is 0 Å². The largest absolute Gasteiger partial charge is 0.487 e. The molecule has 1 unspecified atom stereocenters. The van der Waals surface area contributed by atoms with E-state index < -0.39 is 0 Å². The van der Waals surface area contributed by atoms with Gasteiger partial charge in [-0.25, -0.2) is 0 Å². The highest BCUT2D eigenvalue weighted by molar-refractivity contribution is 5.94. The molecule has 1 atom stereocenters. The molecule has 2 aromatic carbocycles. The number of benzene rings is 2. The fourth-order valence-electron chi connectivity index (χ4n) is 4.62. The van der Waals surface area contributed by atoms with E-state index in [4.69, 9.17) is 4.74 Å². The van der Waals surface area contributed by atoms with Crippen LogP contribution in [0.25, 0.3) is 0 Å². The zero-order chi connectivity index (χ0) is 21.3. The maximum atomic E-state index is 12.9. The van der Waals surface area contributed by atoms with Crippen molar-refractivity contribution < 1.29 is 14.3 Å². The first-order chi connectivity index (χ1) is 14.4. The Hall–Kier alpha value is -2.82. The Labute approximate surface area is 178 Å². The Morgan fingerprint density at radius 3 is 2.40 bits per heavy atom. The second kappa shape index (κ2) is 8.13. The molecule has 1 fully saturated rings. The van der Waals surface area contributed by atoms with Crippen molar-refractivity contribution in [1.29, 1.82) is 0 Å². The molecule has 0 aliphatic carbocycles. The van der Waals surface area contributed by atoms with Crippen LogP contribution in [0.3, 0.4) is 0 Å². The van der Waals surface area contributed by atoms with Gasteiger partial charge in [0.05, 0.1) is 0 Å². The number of ether oxygens (including phenoxy) is 1. The van der Waals surface area contributed by atoms with E-state index in [0.717, 1.165) is 41.7 Å². The summed E-state index contributed by atoms with van der Waals surface area (Å²) in [4.78, 5) is 28.9. The molecule has 2 aliphatic heterocycles. The number of rotatable bonds is 3. The molecule has 0 saturated carbocycles. The van der Waals surface area contributed by atoms with E-state index in [1.165, 1.54) is 0 Å². The molecule has 0 N–H and O–H groups in total. The maximum absolute atomic E-state index is 12.9. The smallest absolute Gasteiger partial charge is 0.253 e. The van der Waals surface area contributed by atoms with Crippen molar-refractivity contribution >= 4 is 11.8 Å². The number of fused-ring (bicyclic) bond motifs is 1.